The van der Waals surface area contributed by atoms with E-state index in [-0.39, 0.29) is 21.0 Å². The monoisotopic (exact) mass is 1060 g/mol. The minimum atomic E-state index is -4.65. The van der Waals surface area contributed by atoms with Crippen LogP contribution >= 0.6 is 17.1 Å². The van der Waals surface area contributed by atoms with Gasteiger partial charge in [0.15, 0.2) is 0 Å². The molecule has 0 heterocycles. The van der Waals surface area contributed by atoms with Gasteiger partial charge in [-0.1, -0.05) is 199 Å². The van der Waals surface area contributed by atoms with Crippen molar-refractivity contribution in [1.29, 1.82) is 0 Å². The number of para-hydroxylation sites is 1. The first kappa shape index (κ1) is 49.4. The largest absolute Gasteiger partial charge is 0.432 e. The van der Waals surface area contributed by atoms with Crippen LogP contribution in [0.2, 0.25) is 0 Å². The van der Waals surface area contributed by atoms with Gasteiger partial charge >= 0.3 is 17.1 Å². The zero-order valence-corrected chi connectivity index (χ0v) is 44.1. The molecule has 0 unspecified atom stereocenters. The third-order valence-corrected chi connectivity index (χ3v) is 20.3. The number of sulfonamides is 2. The van der Waals surface area contributed by atoms with Gasteiger partial charge in [-0.2, -0.15) is 4.08 Å². The summed E-state index contributed by atoms with van der Waals surface area (Å²) in [6.45, 7) is 3.32. The lowest BCUT2D eigenvalue weighted by atomic mass is 10.1. The van der Waals surface area contributed by atoms with Crippen molar-refractivity contribution in [3.63, 3.8) is 0 Å². The fourth-order valence-electron chi connectivity index (χ4n) is 8.79. The Balaban J connectivity index is 1.13. The Labute approximate surface area is 439 Å². The Bertz CT molecular complexity index is 3930. The molecule has 0 N–H and O–H groups in total. The second kappa shape index (κ2) is 21.2. The molecule has 10 nitrogen and oxygen atoms in total. The van der Waals surface area contributed by atoms with E-state index in [1.165, 1.54) is 8.15 Å². The molecule has 0 aromatic heterocycles. The van der Waals surface area contributed by atoms with E-state index in [0.717, 1.165) is 54.2 Å². The molecule has 11 rings (SSSR count). The highest BCUT2D eigenvalue weighted by Gasteiger charge is 2.43. The molecule has 0 radical (unpaired) electrons. The van der Waals surface area contributed by atoms with E-state index < -0.39 is 43.6 Å². The van der Waals surface area contributed by atoms with Crippen molar-refractivity contribution in [2.45, 2.75) is 30.2 Å². The summed E-state index contributed by atoms with van der Waals surface area (Å²) in [7, 11) is -14.7. The summed E-state index contributed by atoms with van der Waals surface area (Å²) in [5.41, 5.74) is 2.08. The first-order chi connectivity index (χ1) is 36.5. The van der Waals surface area contributed by atoms with E-state index >= 15 is 16.8 Å². The molecule has 0 atom stereocenters. The van der Waals surface area contributed by atoms with E-state index in [4.69, 9.17) is 18.1 Å². The van der Waals surface area contributed by atoms with Crippen LogP contribution < -0.4 is 22.2 Å². The van der Waals surface area contributed by atoms with E-state index in [2.05, 4.69) is 0 Å². The molecule has 0 saturated heterocycles. The number of fused-ring (bicyclic) bond motifs is 4. The van der Waals surface area contributed by atoms with Gasteiger partial charge in [0.05, 0.1) is 22.0 Å². The minimum Gasteiger partial charge on any atom is -0.426 e. The average Bonchev–Trinajstić information content (AvgIpc) is 3.43. The predicted molar refractivity (Wildman–Crippen MR) is 303 cm³/mol. The smallest absolute Gasteiger partial charge is 0.426 e. The lowest BCUT2D eigenvalue weighted by molar-refractivity contribution is 0.421. The van der Waals surface area contributed by atoms with Crippen LogP contribution in [0, 0.1) is 13.8 Å². The molecule has 0 bridgehead atoms. The lowest BCUT2D eigenvalue weighted by Crippen LogP contribution is -2.33. The first-order valence-corrected chi connectivity index (χ1v) is 29.2. The summed E-state index contributed by atoms with van der Waals surface area (Å²) in [6.07, 6.45) is 0. The van der Waals surface area contributed by atoms with Crippen molar-refractivity contribution >= 4 is 85.9 Å². The van der Waals surface area contributed by atoms with E-state index in [1.54, 1.807) is 97.1 Å². The zero-order valence-electron chi connectivity index (χ0n) is 40.7. The minimum absolute atomic E-state index is 0.0221. The normalized spacial score (nSPS) is 12.0. The van der Waals surface area contributed by atoms with Crippen molar-refractivity contribution in [2.75, 3.05) is 4.08 Å². The lowest BCUT2D eigenvalue weighted by Gasteiger charge is -2.33. The maximum atomic E-state index is 16.0. The molecule has 11 aromatic carbocycles. The SMILES string of the molecule is Cc1ccc(S(=O)(=O)N(Cc2ccccc2N(P(Oc2cccc3ccccc23)Oc2cccc3ccccc23)S(=O)(=O)c2ccc(C)cc2)P(Oc2cccc3ccccc23)Oc2cccc3ccccc23)cc1. The molecule has 0 aliphatic carbocycles. The molecular formula is C61H48N2O8P2S2. The van der Waals surface area contributed by atoms with Crippen LogP contribution in [-0.2, 0) is 26.6 Å². The number of anilines is 1. The number of aryl methyl sites for hydroxylation is 2. The molecule has 0 fully saturated rings. The topological polar surface area (TPSA) is 112 Å². The van der Waals surface area contributed by atoms with Gasteiger partial charge in [0.2, 0.25) is 0 Å². The fourth-order valence-corrected chi connectivity index (χ4v) is 15.7. The predicted octanol–water partition coefficient (Wildman–Crippen LogP) is 16.1. The molecule has 0 amide bonds. The van der Waals surface area contributed by atoms with Crippen LogP contribution in [0.4, 0.5) is 5.69 Å². The molecular weight excluding hydrogens is 1010 g/mol. The fraction of sp³-hybridized carbons (Fsp3) is 0.0492. The average molecular weight is 1060 g/mol. The highest BCUT2D eigenvalue weighted by Crippen LogP contribution is 2.55. The van der Waals surface area contributed by atoms with Gasteiger partial charge in [0.25, 0.3) is 20.0 Å². The number of hydrogen-bond donors (Lipinski definition) is 0. The summed E-state index contributed by atoms with van der Waals surface area (Å²) < 4.78 is 93.9. The van der Waals surface area contributed by atoms with Crippen molar-refractivity contribution in [2.24, 2.45) is 0 Å². The number of hydrogen-bond acceptors (Lipinski definition) is 8. The zero-order chi connectivity index (χ0) is 51.5. The third kappa shape index (κ3) is 10.2. The first-order valence-electron chi connectivity index (χ1n) is 24.0. The number of rotatable bonds is 17. The highest BCUT2D eigenvalue weighted by molar-refractivity contribution is 7.99. The van der Waals surface area contributed by atoms with Gasteiger partial charge in [-0.15, -0.1) is 4.08 Å². The van der Waals surface area contributed by atoms with Crippen molar-refractivity contribution in [3.8, 4) is 23.0 Å². The van der Waals surface area contributed by atoms with Crippen LogP contribution in [-0.4, -0.2) is 20.9 Å². The van der Waals surface area contributed by atoms with E-state index in [9.17, 15) is 0 Å². The Morgan fingerprint density at radius 2 is 0.667 bits per heavy atom. The molecule has 11 aromatic rings. The van der Waals surface area contributed by atoms with Gasteiger partial charge in [-0.05, 0) is 95.6 Å². The van der Waals surface area contributed by atoms with E-state index in [0.29, 0.717) is 23.0 Å². The van der Waals surface area contributed by atoms with Gasteiger partial charge in [0.1, 0.15) is 23.0 Å². The Kier molecular flexibility index (Phi) is 14.0. The van der Waals surface area contributed by atoms with Crippen molar-refractivity contribution in [1.82, 2.24) is 4.08 Å². The maximum Gasteiger partial charge on any atom is 0.432 e. The summed E-state index contributed by atoms with van der Waals surface area (Å²) in [6, 6.07) is 73.0. The quantitative estimate of drug-likeness (QED) is 0.0829. The van der Waals surface area contributed by atoms with Gasteiger partial charge in [-0.25, -0.2) is 16.8 Å². The summed E-state index contributed by atoms with van der Waals surface area (Å²) in [5, 5.41) is 6.40. The van der Waals surface area contributed by atoms with E-state index in [1.807, 2.05) is 159 Å². The van der Waals surface area contributed by atoms with Crippen LogP contribution in [0.25, 0.3) is 43.1 Å². The second-order valence-electron chi connectivity index (χ2n) is 17.7. The molecule has 0 saturated carbocycles. The van der Waals surface area contributed by atoms with Crippen LogP contribution in [0.15, 0.2) is 252 Å². The third-order valence-electron chi connectivity index (χ3n) is 12.7. The molecule has 0 aliphatic heterocycles. The van der Waals surface area contributed by atoms with Crippen molar-refractivity contribution in [3.05, 3.63) is 259 Å². The molecule has 14 heteroatoms. The standard InChI is InChI=1S/C61H48N2O8P2S2/c1-44-35-39-51(40-36-44)74(64,65)62(72(68-58-31-13-22-46-17-3-8-26-53(46)58)69-59-32-14-23-47-18-4-9-27-54(47)59)43-50-21-7-12-30-57(50)63(75(66,67)52-41-37-45(2)38-42-52)73(70-60-33-15-24-48-19-5-10-28-55(48)60)71-61-34-16-25-49-20-6-11-29-56(49)61/h3-42H,43H2,1-2H3. The number of nitrogens with zero attached hydrogens (tertiary/aromatic N) is 2. The molecule has 0 spiro atoms. The maximum absolute atomic E-state index is 16.0. The van der Waals surface area contributed by atoms with Crippen molar-refractivity contribution < 1.29 is 34.9 Å². The summed E-state index contributed by atoms with van der Waals surface area (Å²) in [5.74, 6) is 1.52. The molecule has 0 aliphatic rings. The molecule has 372 valence electrons. The summed E-state index contributed by atoms with van der Waals surface area (Å²) in [4.78, 5) is -0.0607. The highest BCUT2D eigenvalue weighted by atomic mass is 32.2. The van der Waals surface area contributed by atoms with Gasteiger partial charge < -0.3 is 18.1 Å². The molecule has 75 heavy (non-hydrogen) atoms. The van der Waals surface area contributed by atoms with Crippen LogP contribution in [0.1, 0.15) is 16.7 Å². The van der Waals surface area contributed by atoms with Gasteiger partial charge in [-0.3, -0.25) is 0 Å². The summed E-state index contributed by atoms with van der Waals surface area (Å²) >= 11 is 0. The Morgan fingerprint density at radius 1 is 0.347 bits per heavy atom. The van der Waals surface area contributed by atoms with Crippen LogP contribution in [0.5, 0.6) is 23.0 Å². The Hall–Kier alpha value is -7.82. The Morgan fingerprint density at radius 3 is 1.07 bits per heavy atom. The van der Waals surface area contributed by atoms with Gasteiger partial charge in [0, 0.05) is 21.5 Å². The van der Waals surface area contributed by atoms with Crippen LogP contribution in [0.3, 0.4) is 0 Å². The second-order valence-corrected chi connectivity index (χ2v) is 24.5. The number of benzene rings is 11.